The Balaban J connectivity index is 1.32. The van der Waals surface area contributed by atoms with Crippen molar-refractivity contribution in [2.75, 3.05) is 37.9 Å². The number of phenolic OH excluding ortho intramolecular Hbond substituents is 1. The molecule has 4 aliphatic rings. The van der Waals surface area contributed by atoms with E-state index in [4.69, 9.17) is 15.2 Å². The Morgan fingerprint density at radius 2 is 1.87 bits per heavy atom. The number of H-pyrrole nitrogens is 1. The summed E-state index contributed by atoms with van der Waals surface area (Å²) in [5.41, 5.74) is 10.6. The van der Waals surface area contributed by atoms with Gasteiger partial charge in [-0.1, -0.05) is 77.5 Å². The zero-order valence-corrected chi connectivity index (χ0v) is 33.4. The fourth-order valence-electron chi connectivity index (χ4n) is 8.57. The fourth-order valence-corrected chi connectivity index (χ4v) is 11.1. The summed E-state index contributed by atoms with van der Waals surface area (Å²) in [5, 5.41) is 58.5. The average Bonchev–Trinajstić information content (AvgIpc) is 3.64. The lowest BCUT2D eigenvalue weighted by atomic mass is 9.79. The molecule has 0 amide bonds. The Morgan fingerprint density at radius 1 is 1.02 bits per heavy atom. The first-order valence-electron chi connectivity index (χ1n) is 20.0. The van der Waals surface area contributed by atoms with Crippen LogP contribution >= 0.6 is 21.6 Å². The molecule has 0 bridgehead atoms. The number of aromatic nitrogens is 1. The minimum Gasteiger partial charge on any atom is -0.504 e. The number of hydrogen-bond donors (Lipinski definition) is 8. The molecule has 2 aromatic rings. The highest BCUT2D eigenvalue weighted by Crippen LogP contribution is 2.42. The number of fused-ring (bicyclic) bond motifs is 2. The summed E-state index contributed by atoms with van der Waals surface area (Å²) in [5.74, 6) is 8.16. The van der Waals surface area contributed by atoms with Gasteiger partial charge in [0.15, 0.2) is 11.5 Å². The summed E-state index contributed by atoms with van der Waals surface area (Å²) in [6.45, 7) is 2.69. The first-order chi connectivity index (χ1) is 26.8. The lowest BCUT2D eigenvalue weighted by Gasteiger charge is -2.34. The van der Waals surface area contributed by atoms with E-state index in [-0.39, 0.29) is 61.1 Å². The maximum absolute atomic E-state index is 12.0. The number of nitrogens with two attached hydrogens (primary N) is 1. The van der Waals surface area contributed by atoms with E-state index in [1.807, 2.05) is 30.5 Å². The van der Waals surface area contributed by atoms with E-state index in [1.165, 1.54) is 0 Å². The third kappa shape index (κ3) is 10.7. The van der Waals surface area contributed by atoms with Crippen molar-refractivity contribution in [3.8, 4) is 23.3 Å². The van der Waals surface area contributed by atoms with Gasteiger partial charge in [-0.15, -0.1) is 0 Å². The molecule has 0 saturated carbocycles. The van der Waals surface area contributed by atoms with Crippen molar-refractivity contribution in [3.05, 3.63) is 83.0 Å². The number of rotatable bonds is 10. The molecule has 6 rings (SSSR count). The van der Waals surface area contributed by atoms with Crippen LogP contribution in [-0.4, -0.2) is 92.8 Å². The van der Waals surface area contributed by atoms with Crippen molar-refractivity contribution in [2.45, 2.75) is 88.6 Å². The van der Waals surface area contributed by atoms with Crippen molar-refractivity contribution in [2.24, 2.45) is 35.3 Å². The number of hydrogen-bond acceptors (Lipinski definition) is 11. The Hall–Kier alpha value is -3.02. The molecule has 10 nitrogen and oxygen atoms in total. The molecule has 2 aliphatic carbocycles. The molecule has 9 N–H and O–H groups in total. The molecule has 10 atom stereocenters. The highest BCUT2D eigenvalue weighted by atomic mass is 33.1. The molecular weight excluding hydrogens is 735 g/mol. The number of nitrogens with one attached hydrogen (secondary N) is 2. The smallest absolute Gasteiger partial charge is 0.161 e. The SMILES string of the molecule is CCC1C#CC2C=CC(c3ccc(O)c(OC4CC(Cc5ccc[nH]5)C5=CCNC(N)=C5CSSCC(CO)C4O)c3)CC(O)C2C(OCCO)CCCC1. The zero-order valence-electron chi connectivity index (χ0n) is 31.8. The molecule has 10 unspecified atom stereocenters. The van der Waals surface area contributed by atoms with E-state index in [0.717, 1.165) is 54.5 Å². The van der Waals surface area contributed by atoms with E-state index in [2.05, 4.69) is 47.3 Å². The van der Waals surface area contributed by atoms with Crippen LogP contribution in [0, 0.1) is 41.4 Å². The monoisotopic (exact) mass is 793 g/mol. The average molecular weight is 794 g/mol. The van der Waals surface area contributed by atoms with E-state index in [1.54, 1.807) is 27.7 Å². The number of dihydropyridines is 1. The Kier molecular flexibility index (Phi) is 15.4. The van der Waals surface area contributed by atoms with Crippen molar-refractivity contribution < 1.29 is 35.0 Å². The molecule has 1 aromatic carbocycles. The van der Waals surface area contributed by atoms with Crippen LogP contribution in [0.25, 0.3) is 0 Å². The van der Waals surface area contributed by atoms with Crippen LogP contribution in [0.3, 0.4) is 0 Å². The highest BCUT2D eigenvalue weighted by Gasteiger charge is 2.39. The van der Waals surface area contributed by atoms with Crippen molar-refractivity contribution in [3.63, 3.8) is 0 Å². The summed E-state index contributed by atoms with van der Waals surface area (Å²) in [6.07, 6.45) is 11.9. The van der Waals surface area contributed by atoms with Crippen LogP contribution in [0.1, 0.15) is 69.0 Å². The quantitative estimate of drug-likeness (QED) is 0.0880. The molecule has 0 radical (unpaired) electrons. The topological polar surface area (TPSA) is 173 Å². The number of aliphatic hydroxyl groups excluding tert-OH is 4. The van der Waals surface area contributed by atoms with Gasteiger partial charge in [0.25, 0.3) is 0 Å². The Morgan fingerprint density at radius 3 is 2.65 bits per heavy atom. The second kappa shape index (κ2) is 20.4. The Labute approximate surface area is 333 Å². The maximum Gasteiger partial charge on any atom is 0.161 e. The van der Waals surface area contributed by atoms with E-state index in [0.29, 0.717) is 49.1 Å². The molecular formula is C43H59N3O7S2. The van der Waals surface area contributed by atoms with Gasteiger partial charge in [-0.05, 0) is 79.8 Å². The summed E-state index contributed by atoms with van der Waals surface area (Å²) < 4.78 is 12.9. The van der Waals surface area contributed by atoms with E-state index < -0.39 is 24.2 Å². The predicted molar refractivity (Wildman–Crippen MR) is 220 cm³/mol. The molecule has 0 spiro atoms. The summed E-state index contributed by atoms with van der Waals surface area (Å²) >= 11 is 0. The Bertz CT molecular complexity index is 1690. The summed E-state index contributed by atoms with van der Waals surface area (Å²) in [6, 6.07) is 9.32. The van der Waals surface area contributed by atoms with E-state index >= 15 is 0 Å². The van der Waals surface area contributed by atoms with Crippen LogP contribution in [-0.2, 0) is 11.2 Å². The molecule has 300 valence electrons. The first kappa shape index (κ1) is 41.6. The first-order valence-corrected chi connectivity index (χ1v) is 22.5. The molecule has 3 heterocycles. The molecule has 55 heavy (non-hydrogen) atoms. The summed E-state index contributed by atoms with van der Waals surface area (Å²) in [7, 11) is 3.25. The van der Waals surface area contributed by atoms with Gasteiger partial charge in [0.1, 0.15) is 11.9 Å². The number of phenols is 1. The normalized spacial score (nSPS) is 32.0. The van der Waals surface area contributed by atoms with E-state index in [9.17, 15) is 25.5 Å². The van der Waals surface area contributed by atoms with Gasteiger partial charge >= 0.3 is 0 Å². The van der Waals surface area contributed by atoms with Crippen molar-refractivity contribution >= 4 is 21.6 Å². The van der Waals surface area contributed by atoms with Gasteiger partial charge in [0.2, 0.25) is 0 Å². The van der Waals surface area contributed by atoms with Crippen molar-refractivity contribution in [1.82, 2.24) is 10.3 Å². The third-order valence-corrected chi connectivity index (χ3v) is 14.1. The molecule has 1 fully saturated rings. The van der Waals surface area contributed by atoms with Gasteiger partial charge in [0, 0.05) is 71.7 Å². The number of aromatic hydroxyl groups is 1. The number of benzene rings is 1. The number of ether oxygens (including phenoxy) is 2. The molecule has 2 aliphatic heterocycles. The van der Waals surface area contributed by atoms with Crippen LogP contribution in [0.2, 0.25) is 0 Å². The van der Waals surface area contributed by atoms with Gasteiger partial charge in [0.05, 0.1) is 31.5 Å². The highest BCUT2D eigenvalue weighted by molar-refractivity contribution is 8.76. The number of allylic oxidation sites excluding steroid dienone is 3. The zero-order chi connectivity index (χ0) is 38.7. The molecule has 1 saturated heterocycles. The maximum atomic E-state index is 12.0. The predicted octanol–water partition coefficient (Wildman–Crippen LogP) is 5.40. The number of aliphatic hydroxyl groups is 4. The standard InChI is InChI=1S/C43H59N3O7S2/c1-2-27-6-3-4-8-38(52-19-18-47)41-28(10-9-27)11-12-29(21-37(41)50)30-13-14-36(49)39(22-30)53-40-23-31(20-33-7-5-16-45-33)34-15-17-46-43(44)35(34)26-55-54-25-32(24-48)42(40)51/h5,7,11-16,22,27-29,31-32,37-38,40-42,45-51H,2-4,6,8,17-21,23-26,44H2,1H3. The van der Waals surface area contributed by atoms with Crippen LogP contribution < -0.4 is 15.8 Å². The van der Waals surface area contributed by atoms with Crippen LogP contribution in [0.5, 0.6) is 11.5 Å². The van der Waals surface area contributed by atoms with Crippen molar-refractivity contribution in [1.29, 1.82) is 0 Å². The second-order valence-corrected chi connectivity index (χ2v) is 17.8. The minimum absolute atomic E-state index is 0.0520. The second-order valence-electron chi connectivity index (χ2n) is 15.3. The fraction of sp³-hybridized carbons (Fsp3) is 0.581. The third-order valence-electron chi connectivity index (χ3n) is 11.7. The van der Waals surface area contributed by atoms with Crippen LogP contribution in [0.4, 0.5) is 0 Å². The largest absolute Gasteiger partial charge is 0.504 e. The number of aromatic amines is 1. The lowest BCUT2D eigenvalue weighted by molar-refractivity contribution is -0.0602. The lowest BCUT2D eigenvalue weighted by Crippen LogP contribution is -2.42. The van der Waals surface area contributed by atoms with Gasteiger partial charge in [-0.3, -0.25) is 0 Å². The molecule has 12 heteroatoms. The minimum atomic E-state index is -1.03. The van der Waals surface area contributed by atoms with Crippen LogP contribution in [0.15, 0.2) is 71.7 Å². The van der Waals surface area contributed by atoms with Gasteiger partial charge in [-0.2, -0.15) is 0 Å². The van der Waals surface area contributed by atoms with Gasteiger partial charge < -0.3 is 51.0 Å². The molecule has 1 aromatic heterocycles. The van der Waals surface area contributed by atoms with Gasteiger partial charge in [-0.25, -0.2) is 0 Å². The summed E-state index contributed by atoms with van der Waals surface area (Å²) in [4.78, 5) is 3.34.